The van der Waals surface area contributed by atoms with Gasteiger partial charge in [0.15, 0.2) is 0 Å². The van der Waals surface area contributed by atoms with E-state index >= 15 is 0 Å². The van der Waals surface area contributed by atoms with Crippen LogP contribution < -0.4 is 5.32 Å². The number of ether oxygens (including phenoxy) is 1. The lowest BCUT2D eigenvalue weighted by Gasteiger charge is -2.44. The number of carbonyl (C=O) groups excluding carboxylic acids is 1. The summed E-state index contributed by atoms with van der Waals surface area (Å²) in [6, 6.07) is 1.52. The van der Waals surface area contributed by atoms with Crippen molar-refractivity contribution in [3.8, 4) is 0 Å². The van der Waals surface area contributed by atoms with Gasteiger partial charge < -0.3 is 25.0 Å². The first-order chi connectivity index (χ1) is 18.7. The van der Waals surface area contributed by atoms with Crippen molar-refractivity contribution >= 4 is 12.1 Å². The number of rotatable bonds is 2. The first kappa shape index (κ1) is 34.6. The fraction of sp³-hybridized carbons (Fsp3) is 0.931. The van der Waals surface area contributed by atoms with Crippen LogP contribution in [0.15, 0.2) is 0 Å². The van der Waals surface area contributed by atoms with Crippen molar-refractivity contribution in [1.29, 1.82) is 0 Å². The lowest BCUT2D eigenvalue weighted by atomic mass is 9.91. The number of likely N-dealkylation sites (tertiary alicyclic amines) is 3. The Kier molecular flexibility index (Phi) is 14.0. The molecule has 4 unspecified atom stereocenters. The first-order valence-electron chi connectivity index (χ1n) is 15.2. The molecule has 4 rings (SSSR count). The minimum atomic E-state index is -5.08. The van der Waals surface area contributed by atoms with Crippen LogP contribution in [0.25, 0.3) is 0 Å². The molecule has 0 spiro atoms. The Morgan fingerprint density at radius 1 is 0.800 bits per heavy atom. The van der Waals surface area contributed by atoms with Crippen molar-refractivity contribution in [2.45, 2.75) is 110 Å². The molecule has 4 atom stereocenters. The van der Waals surface area contributed by atoms with Crippen LogP contribution >= 0.6 is 0 Å². The zero-order valence-corrected chi connectivity index (χ0v) is 25.3. The van der Waals surface area contributed by atoms with E-state index in [1.165, 1.54) is 84.2 Å². The number of carboxylic acid groups (broad SMARTS) is 1. The topological polar surface area (TPSA) is 85.4 Å². The number of nitrogens with one attached hydrogen (secondary N) is 1. The van der Waals surface area contributed by atoms with Gasteiger partial charge in [-0.25, -0.2) is 9.59 Å². The number of aliphatic carboxylic acids is 1. The van der Waals surface area contributed by atoms with Crippen LogP contribution in [0.5, 0.6) is 0 Å². The lowest BCUT2D eigenvalue weighted by Crippen LogP contribution is -2.53. The van der Waals surface area contributed by atoms with Gasteiger partial charge in [0.25, 0.3) is 0 Å². The van der Waals surface area contributed by atoms with Gasteiger partial charge in [-0.15, -0.1) is 0 Å². The van der Waals surface area contributed by atoms with Crippen molar-refractivity contribution in [3.05, 3.63) is 0 Å². The smallest absolute Gasteiger partial charge is 0.475 e. The van der Waals surface area contributed by atoms with E-state index in [2.05, 4.69) is 29.0 Å². The Labute approximate surface area is 239 Å². The van der Waals surface area contributed by atoms with Crippen molar-refractivity contribution < 1.29 is 32.6 Å². The van der Waals surface area contributed by atoms with Crippen LogP contribution in [-0.4, -0.2) is 108 Å². The molecule has 0 aromatic heterocycles. The van der Waals surface area contributed by atoms with Crippen LogP contribution in [0, 0.1) is 11.8 Å². The van der Waals surface area contributed by atoms with E-state index in [0.29, 0.717) is 12.0 Å². The average Bonchev–Trinajstić information content (AvgIpc) is 2.89. The summed E-state index contributed by atoms with van der Waals surface area (Å²) in [6.45, 7) is 19.7. The van der Waals surface area contributed by atoms with Gasteiger partial charge in [-0.3, -0.25) is 4.90 Å². The minimum Gasteiger partial charge on any atom is -0.475 e. The van der Waals surface area contributed by atoms with Crippen molar-refractivity contribution in [2.24, 2.45) is 11.8 Å². The zero-order valence-electron chi connectivity index (χ0n) is 25.3. The highest BCUT2D eigenvalue weighted by molar-refractivity contribution is 5.73. The maximum Gasteiger partial charge on any atom is 0.490 e. The van der Waals surface area contributed by atoms with E-state index in [9.17, 15) is 18.0 Å². The predicted molar refractivity (Wildman–Crippen MR) is 150 cm³/mol. The minimum absolute atomic E-state index is 0.151. The molecule has 4 saturated heterocycles. The molecule has 234 valence electrons. The molecule has 0 aliphatic carbocycles. The van der Waals surface area contributed by atoms with Gasteiger partial charge in [0.1, 0.15) is 5.60 Å². The molecule has 1 amide bonds. The van der Waals surface area contributed by atoms with Gasteiger partial charge in [0.05, 0.1) is 0 Å². The molecule has 0 bridgehead atoms. The number of piperidine rings is 4. The Balaban J connectivity index is 0.000000239. The van der Waals surface area contributed by atoms with E-state index in [-0.39, 0.29) is 6.09 Å². The largest absolute Gasteiger partial charge is 0.490 e. The molecule has 11 heteroatoms. The zero-order chi connectivity index (χ0) is 29.9. The number of hydrogen-bond donors (Lipinski definition) is 2. The molecular weight excluding hydrogens is 525 g/mol. The Morgan fingerprint density at radius 2 is 1.27 bits per heavy atom. The van der Waals surface area contributed by atoms with Gasteiger partial charge in [-0.1, -0.05) is 26.7 Å². The Morgan fingerprint density at radius 3 is 1.68 bits per heavy atom. The number of carboxylic acids is 1. The van der Waals surface area contributed by atoms with Gasteiger partial charge in [0.2, 0.25) is 0 Å². The highest BCUT2D eigenvalue weighted by Gasteiger charge is 2.38. The standard InChI is InChI=1S/C16H30N2O2.C11H22N2.C2HF3O2/c1-13-12-18(15(19)20-16(2,3)4)11-8-14(13)17-9-6-5-7-10-17;1-10-9-12-6-5-11(10)13-7-3-2-4-8-13;3-2(4,5)1(6)7/h13-14H,5-12H2,1-4H3;10-12H,2-9H2,1H3;(H,6,7). The predicted octanol–water partition coefficient (Wildman–Crippen LogP) is 5.22. The summed E-state index contributed by atoms with van der Waals surface area (Å²) < 4.78 is 37.2. The molecule has 0 aromatic carbocycles. The second-order valence-electron chi connectivity index (χ2n) is 12.8. The van der Waals surface area contributed by atoms with Gasteiger partial charge in [-0.05, 0) is 110 Å². The number of amides is 1. The second kappa shape index (κ2) is 16.2. The lowest BCUT2D eigenvalue weighted by molar-refractivity contribution is -0.192. The van der Waals surface area contributed by atoms with Crippen LogP contribution in [0.4, 0.5) is 18.0 Å². The molecule has 8 nitrogen and oxygen atoms in total. The Bertz CT molecular complexity index is 765. The fourth-order valence-electron chi connectivity index (χ4n) is 6.21. The van der Waals surface area contributed by atoms with E-state index in [0.717, 1.165) is 31.5 Å². The summed E-state index contributed by atoms with van der Waals surface area (Å²) >= 11 is 0. The van der Waals surface area contributed by atoms with Crippen molar-refractivity contribution in [2.75, 3.05) is 52.4 Å². The molecule has 0 radical (unpaired) electrons. The molecule has 4 fully saturated rings. The molecular formula is C29H53F3N4O4. The highest BCUT2D eigenvalue weighted by atomic mass is 19.4. The van der Waals surface area contributed by atoms with E-state index < -0.39 is 17.7 Å². The van der Waals surface area contributed by atoms with Crippen LogP contribution in [0.2, 0.25) is 0 Å². The van der Waals surface area contributed by atoms with E-state index in [1.54, 1.807) is 0 Å². The summed E-state index contributed by atoms with van der Waals surface area (Å²) in [7, 11) is 0. The first-order valence-corrected chi connectivity index (χ1v) is 15.2. The SMILES string of the molecule is CC1CN(C(=O)OC(C)(C)C)CCC1N1CCCCC1.CC1CNCCC1N1CCCCC1.O=C(O)C(F)(F)F. The van der Waals surface area contributed by atoms with Crippen LogP contribution in [0.3, 0.4) is 0 Å². The molecule has 4 aliphatic rings. The van der Waals surface area contributed by atoms with E-state index in [1.807, 2.05) is 25.7 Å². The van der Waals surface area contributed by atoms with E-state index in [4.69, 9.17) is 14.6 Å². The third-order valence-electron chi connectivity index (χ3n) is 8.21. The molecule has 4 aliphatic heterocycles. The monoisotopic (exact) mass is 578 g/mol. The highest BCUT2D eigenvalue weighted by Crippen LogP contribution is 2.26. The van der Waals surface area contributed by atoms with Crippen LogP contribution in [-0.2, 0) is 9.53 Å². The maximum atomic E-state index is 12.1. The number of hydrogen-bond acceptors (Lipinski definition) is 6. The number of carbonyl (C=O) groups is 2. The number of alkyl halides is 3. The van der Waals surface area contributed by atoms with Gasteiger partial charge in [0, 0.05) is 25.2 Å². The summed E-state index contributed by atoms with van der Waals surface area (Å²) in [4.78, 5) is 28.3. The second-order valence-corrected chi connectivity index (χ2v) is 12.8. The summed E-state index contributed by atoms with van der Waals surface area (Å²) in [5.74, 6) is -1.37. The Hall–Kier alpha value is -1.59. The molecule has 40 heavy (non-hydrogen) atoms. The molecule has 4 heterocycles. The average molecular weight is 579 g/mol. The molecule has 0 aromatic rings. The maximum absolute atomic E-state index is 12.1. The van der Waals surface area contributed by atoms with Crippen molar-refractivity contribution in [3.63, 3.8) is 0 Å². The number of halogens is 3. The van der Waals surface area contributed by atoms with Crippen LogP contribution in [0.1, 0.15) is 86.0 Å². The third kappa shape index (κ3) is 12.1. The van der Waals surface area contributed by atoms with Gasteiger partial charge in [-0.2, -0.15) is 13.2 Å². The molecule has 0 saturated carbocycles. The summed E-state index contributed by atoms with van der Waals surface area (Å²) in [5, 5.41) is 10.6. The number of nitrogens with zero attached hydrogens (tertiary/aromatic N) is 3. The quantitative estimate of drug-likeness (QED) is 0.465. The summed E-state index contributed by atoms with van der Waals surface area (Å²) in [6.07, 6.45) is 5.56. The fourth-order valence-corrected chi connectivity index (χ4v) is 6.21. The van der Waals surface area contributed by atoms with Crippen molar-refractivity contribution in [1.82, 2.24) is 20.0 Å². The normalized spacial score (nSPS) is 28.9. The van der Waals surface area contributed by atoms with Gasteiger partial charge >= 0.3 is 18.2 Å². The third-order valence-corrected chi connectivity index (χ3v) is 8.21. The molecule has 2 N–H and O–H groups in total. The summed E-state index contributed by atoms with van der Waals surface area (Å²) in [5.41, 5.74) is -0.399.